The molecule has 1 amide bonds. The average Bonchev–Trinajstić information content (AvgIpc) is 2.88. The predicted molar refractivity (Wildman–Crippen MR) is 69.6 cm³/mol. The van der Waals surface area contributed by atoms with E-state index in [9.17, 15) is 4.79 Å². The Morgan fingerprint density at radius 2 is 2.05 bits per heavy atom. The summed E-state index contributed by atoms with van der Waals surface area (Å²) in [4.78, 5) is 11.3. The minimum absolute atomic E-state index is 0.0330. The summed E-state index contributed by atoms with van der Waals surface area (Å²) in [5.41, 5.74) is 1.51. The molecule has 0 saturated carbocycles. The second-order valence-corrected chi connectivity index (χ2v) is 3.91. The van der Waals surface area contributed by atoms with Crippen LogP contribution in [0.5, 0.6) is 0 Å². The van der Waals surface area contributed by atoms with Crippen molar-refractivity contribution in [2.24, 2.45) is 0 Å². The molecule has 0 bridgehead atoms. The van der Waals surface area contributed by atoms with Gasteiger partial charge in [-0.25, -0.2) is 0 Å². The van der Waals surface area contributed by atoms with Gasteiger partial charge in [0.25, 0.3) is 0 Å². The van der Waals surface area contributed by atoms with Gasteiger partial charge in [0.1, 0.15) is 6.61 Å². The number of methoxy groups -OCH3 is 1. The highest BCUT2D eigenvalue weighted by molar-refractivity contribution is 5.91. The van der Waals surface area contributed by atoms with Crippen LogP contribution in [0.2, 0.25) is 0 Å². The van der Waals surface area contributed by atoms with E-state index in [1.165, 1.54) is 7.11 Å². The molecule has 0 spiro atoms. The van der Waals surface area contributed by atoms with Crippen LogP contribution in [0.3, 0.4) is 0 Å². The van der Waals surface area contributed by atoms with Crippen molar-refractivity contribution in [3.63, 3.8) is 0 Å². The fourth-order valence-corrected chi connectivity index (χ4v) is 1.54. The summed E-state index contributed by atoms with van der Waals surface area (Å²) in [6.07, 6.45) is 0.707. The monoisotopic (exact) mass is 261 g/mol. The molecule has 0 aliphatic rings. The van der Waals surface area contributed by atoms with Crippen molar-refractivity contribution in [2.45, 2.75) is 13.3 Å². The van der Waals surface area contributed by atoms with Crippen LogP contribution in [0.15, 0.2) is 28.7 Å². The van der Waals surface area contributed by atoms with Crippen LogP contribution in [-0.2, 0) is 16.0 Å². The van der Waals surface area contributed by atoms with Crippen LogP contribution in [0.25, 0.3) is 11.5 Å². The summed E-state index contributed by atoms with van der Waals surface area (Å²) < 4.78 is 10.2. The molecule has 2 rings (SSSR count). The molecule has 0 aliphatic carbocycles. The molecule has 100 valence electrons. The molecule has 1 heterocycles. The standard InChI is InChI=1S/C13H15N3O3/c1-3-12-15-16-13(19-12)9-4-6-10(7-5-9)14-11(17)8-18-2/h4-7H,3,8H2,1-2H3,(H,14,17). The lowest BCUT2D eigenvalue weighted by atomic mass is 10.2. The van der Waals surface area contributed by atoms with Gasteiger partial charge >= 0.3 is 0 Å². The lowest BCUT2D eigenvalue weighted by molar-refractivity contribution is -0.119. The first-order valence-corrected chi connectivity index (χ1v) is 5.94. The zero-order chi connectivity index (χ0) is 13.7. The number of aryl methyl sites for hydroxylation is 1. The molecule has 6 nitrogen and oxygen atoms in total. The second-order valence-electron chi connectivity index (χ2n) is 3.91. The van der Waals surface area contributed by atoms with Crippen LogP contribution >= 0.6 is 0 Å². The number of nitrogens with zero attached hydrogens (tertiary/aromatic N) is 2. The minimum Gasteiger partial charge on any atom is -0.421 e. The molecule has 0 radical (unpaired) electrons. The van der Waals surface area contributed by atoms with Gasteiger partial charge in [0.15, 0.2) is 0 Å². The molecule has 0 saturated heterocycles. The van der Waals surface area contributed by atoms with Crippen LogP contribution in [-0.4, -0.2) is 29.8 Å². The van der Waals surface area contributed by atoms with Crippen molar-refractivity contribution in [1.82, 2.24) is 10.2 Å². The molecule has 6 heteroatoms. The Bertz CT molecular complexity index is 549. The molecule has 0 unspecified atom stereocenters. The predicted octanol–water partition coefficient (Wildman–Crippen LogP) is 1.88. The van der Waals surface area contributed by atoms with E-state index in [0.29, 0.717) is 23.9 Å². The molecule has 0 atom stereocenters. The van der Waals surface area contributed by atoms with Gasteiger partial charge in [-0.3, -0.25) is 4.79 Å². The van der Waals surface area contributed by atoms with Crippen LogP contribution in [0, 0.1) is 0 Å². The first-order valence-electron chi connectivity index (χ1n) is 5.94. The SMILES string of the molecule is CCc1nnc(-c2ccc(NC(=O)COC)cc2)o1. The number of aromatic nitrogens is 2. The second kappa shape index (κ2) is 6.10. The third kappa shape index (κ3) is 3.38. The summed E-state index contributed by atoms with van der Waals surface area (Å²) in [6.45, 7) is 1.98. The minimum atomic E-state index is -0.193. The maximum atomic E-state index is 11.3. The van der Waals surface area contributed by atoms with Crippen LogP contribution in [0.1, 0.15) is 12.8 Å². The Kier molecular flexibility index (Phi) is 4.25. The molecular formula is C13H15N3O3. The number of rotatable bonds is 5. The molecule has 0 aliphatic heterocycles. The number of benzene rings is 1. The molecule has 1 aromatic carbocycles. The van der Waals surface area contributed by atoms with Crippen molar-refractivity contribution in [3.8, 4) is 11.5 Å². The van der Waals surface area contributed by atoms with Crippen molar-refractivity contribution < 1.29 is 13.9 Å². The van der Waals surface area contributed by atoms with Crippen molar-refractivity contribution in [1.29, 1.82) is 0 Å². The third-order valence-electron chi connectivity index (χ3n) is 2.46. The number of hydrogen-bond acceptors (Lipinski definition) is 5. The molecule has 1 aromatic heterocycles. The van der Waals surface area contributed by atoms with Gasteiger partial charge in [-0.15, -0.1) is 10.2 Å². The van der Waals surface area contributed by atoms with Gasteiger partial charge in [0, 0.05) is 24.8 Å². The maximum absolute atomic E-state index is 11.3. The van der Waals surface area contributed by atoms with E-state index >= 15 is 0 Å². The summed E-state index contributed by atoms with van der Waals surface area (Å²) >= 11 is 0. The van der Waals surface area contributed by atoms with Gasteiger partial charge in [-0.1, -0.05) is 6.92 Å². The fourth-order valence-electron chi connectivity index (χ4n) is 1.54. The quantitative estimate of drug-likeness (QED) is 0.889. The van der Waals surface area contributed by atoms with Gasteiger partial charge in [-0.2, -0.15) is 0 Å². The summed E-state index contributed by atoms with van der Waals surface area (Å²) in [7, 11) is 1.48. The first kappa shape index (κ1) is 13.2. The van der Waals surface area contributed by atoms with Gasteiger partial charge in [0.05, 0.1) is 0 Å². The number of carbonyl (C=O) groups is 1. The van der Waals surface area contributed by atoms with Crippen molar-refractivity contribution in [3.05, 3.63) is 30.2 Å². The number of anilines is 1. The first-order chi connectivity index (χ1) is 9.22. The highest BCUT2D eigenvalue weighted by Crippen LogP contribution is 2.20. The topological polar surface area (TPSA) is 77.2 Å². The van der Waals surface area contributed by atoms with Gasteiger partial charge in [-0.05, 0) is 24.3 Å². The van der Waals surface area contributed by atoms with E-state index in [0.717, 1.165) is 5.56 Å². The van der Waals surface area contributed by atoms with Crippen molar-refractivity contribution in [2.75, 3.05) is 19.0 Å². The van der Waals surface area contributed by atoms with E-state index in [-0.39, 0.29) is 12.5 Å². The maximum Gasteiger partial charge on any atom is 0.250 e. The summed E-state index contributed by atoms with van der Waals surface area (Å²) in [6, 6.07) is 7.18. The highest BCUT2D eigenvalue weighted by atomic mass is 16.5. The molecule has 19 heavy (non-hydrogen) atoms. The molecule has 1 N–H and O–H groups in total. The molecule has 2 aromatic rings. The zero-order valence-electron chi connectivity index (χ0n) is 10.8. The summed E-state index contributed by atoms with van der Waals surface area (Å²) in [5.74, 6) is 0.889. The smallest absolute Gasteiger partial charge is 0.250 e. The lowest BCUT2D eigenvalue weighted by Gasteiger charge is -2.04. The number of nitrogens with one attached hydrogen (secondary N) is 1. The van der Waals surface area contributed by atoms with Gasteiger partial charge in [0.2, 0.25) is 17.7 Å². The number of ether oxygens (including phenoxy) is 1. The zero-order valence-corrected chi connectivity index (χ0v) is 10.8. The van der Waals surface area contributed by atoms with Crippen molar-refractivity contribution >= 4 is 11.6 Å². The van der Waals surface area contributed by atoms with Crippen LogP contribution in [0.4, 0.5) is 5.69 Å². The highest BCUT2D eigenvalue weighted by Gasteiger charge is 2.07. The van der Waals surface area contributed by atoms with E-state index in [1.807, 2.05) is 19.1 Å². The number of carbonyl (C=O) groups excluding carboxylic acids is 1. The Labute approximate surface area is 110 Å². The lowest BCUT2D eigenvalue weighted by Crippen LogP contribution is -2.16. The third-order valence-corrected chi connectivity index (χ3v) is 2.46. The Balaban J connectivity index is 2.07. The van der Waals surface area contributed by atoms with E-state index in [2.05, 4.69) is 15.5 Å². The Morgan fingerprint density at radius 1 is 1.32 bits per heavy atom. The summed E-state index contributed by atoms with van der Waals surface area (Å²) in [5, 5.41) is 10.6. The van der Waals surface area contributed by atoms with Crippen LogP contribution < -0.4 is 5.32 Å². The Morgan fingerprint density at radius 3 is 2.63 bits per heavy atom. The molecular weight excluding hydrogens is 246 g/mol. The average molecular weight is 261 g/mol. The van der Waals surface area contributed by atoms with E-state index < -0.39 is 0 Å². The van der Waals surface area contributed by atoms with Gasteiger partial charge < -0.3 is 14.5 Å². The number of amides is 1. The number of hydrogen-bond donors (Lipinski definition) is 1. The Hall–Kier alpha value is -2.21. The normalized spacial score (nSPS) is 10.4. The molecule has 0 fully saturated rings. The van der Waals surface area contributed by atoms with E-state index in [1.54, 1.807) is 12.1 Å². The fraction of sp³-hybridized carbons (Fsp3) is 0.308. The largest absolute Gasteiger partial charge is 0.421 e. The van der Waals surface area contributed by atoms with E-state index in [4.69, 9.17) is 9.15 Å².